The maximum absolute atomic E-state index is 12.2. The van der Waals surface area contributed by atoms with Gasteiger partial charge in [-0.1, -0.05) is 0 Å². The number of likely N-dealkylation sites (tertiary alicyclic amines) is 1. The summed E-state index contributed by atoms with van der Waals surface area (Å²) in [4.78, 5) is 30.1. The molecule has 0 aromatic carbocycles. The third-order valence-electron chi connectivity index (χ3n) is 4.85. The summed E-state index contributed by atoms with van der Waals surface area (Å²) in [5, 5.41) is 0. The van der Waals surface area contributed by atoms with Gasteiger partial charge < -0.3 is 19.9 Å². The SMILES string of the molecule is NC1CCN(C(=O)CCc2nccn2CCC(=O)OC2CCC2)C1. The molecule has 2 N–H and O–H groups in total. The first-order valence-corrected chi connectivity index (χ1v) is 8.84. The number of aromatic nitrogens is 2. The minimum absolute atomic E-state index is 0.109. The van der Waals surface area contributed by atoms with E-state index in [0.717, 1.165) is 38.1 Å². The van der Waals surface area contributed by atoms with E-state index in [4.69, 9.17) is 10.5 Å². The van der Waals surface area contributed by atoms with Crippen molar-refractivity contribution in [3.05, 3.63) is 18.2 Å². The number of nitrogens with zero attached hydrogens (tertiary/aromatic N) is 3. The Morgan fingerprint density at radius 3 is 2.79 bits per heavy atom. The van der Waals surface area contributed by atoms with Crippen molar-refractivity contribution in [3.63, 3.8) is 0 Å². The Bertz CT molecular complexity index is 582. The van der Waals surface area contributed by atoms with Crippen LogP contribution in [0.4, 0.5) is 0 Å². The van der Waals surface area contributed by atoms with E-state index < -0.39 is 0 Å². The van der Waals surface area contributed by atoms with Crippen LogP contribution >= 0.6 is 0 Å². The first-order chi connectivity index (χ1) is 11.6. The molecule has 24 heavy (non-hydrogen) atoms. The van der Waals surface area contributed by atoms with Gasteiger partial charge in [-0.25, -0.2) is 4.98 Å². The van der Waals surface area contributed by atoms with Crippen LogP contribution in [-0.4, -0.2) is 51.6 Å². The van der Waals surface area contributed by atoms with Crippen LogP contribution in [0.2, 0.25) is 0 Å². The molecule has 1 aliphatic carbocycles. The van der Waals surface area contributed by atoms with Crippen LogP contribution in [0, 0.1) is 0 Å². The van der Waals surface area contributed by atoms with Gasteiger partial charge in [-0.05, 0) is 25.7 Å². The summed E-state index contributed by atoms with van der Waals surface area (Å²) in [5.41, 5.74) is 5.84. The van der Waals surface area contributed by atoms with Crippen LogP contribution in [0.15, 0.2) is 12.4 Å². The van der Waals surface area contributed by atoms with E-state index in [0.29, 0.717) is 32.4 Å². The van der Waals surface area contributed by atoms with Crippen LogP contribution in [0.5, 0.6) is 0 Å². The summed E-state index contributed by atoms with van der Waals surface area (Å²) in [6.07, 6.45) is 9.05. The molecule has 2 heterocycles. The highest BCUT2D eigenvalue weighted by Crippen LogP contribution is 2.22. The van der Waals surface area contributed by atoms with Gasteiger partial charge in [-0.2, -0.15) is 0 Å². The van der Waals surface area contributed by atoms with Gasteiger partial charge >= 0.3 is 5.97 Å². The first-order valence-electron chi connectivity index (χ1n) is 8.84. The lowest BCUT2D eigenvalue weighted by atomic mass is 9.96. The molecular formula is C17H26N4O3. The van der Waals surface area contributed by atoms with E-state index in [1.165, 1.54) is 0 Å². The molecule has 1 unspecified atom stereocenters. The third-order valence-corrected chi connectivity index (χ3v) is 4.85. The summed E-state index contributed by atoms with van der Waals surface area (Å²) in [5.74, 6) is 0.812. The zero-order valence-electron chi connectivity index (χ0n) is 14.0. The highest BCUT2D eigenvalue weighted by atomic mass is 16.5. The number of carbonyl (C=O) groups excluding carboxylic acids is 2. The average Bonchev–Trinajstić information content (AvgIpc) is 3.15. The molecule has 7 heteroatoms. The zero-order valence-corrected chi connectivity index (χ0v) is 14.0. The standard InChI is InChI=1S/C17H26N4O3/c18-13-6-9-21(12-13)16(22)5-4-15-19-8-11-20(15)10-7-17(23)24-14-2-1-3-14/h8,11,13-14H,1-7,9-10,12,18H2. The lowest BCUT2D eigenvalue weighted by Crippen LogP contribution is -2.32. The Labute approximate surface area is 142 Å². The summed E-state index contributed by atoms with van der Waals surface area (Å²) in [7, 11) is 0. The molecule has 0 radical (unpaired) electrons. The number of amides is 1. The number of rotatable bonds is 7. The number of ether oxygens (including phenoxy) is 1. The molecule has 1 aromatic rings. The molecule has 1 aromatic heterocycles. The number of nitrogens with two attached hydrogens (primary N) is 1. The average molecular weight is 334 g/mol. The fraction of sp³-hybridized carbons (Fsp3) is 0.706. The lowest BCUT2D eigenvalue weighted by molar-refractivity contribution is -0.153. The highest BCUT2D eigenvalue weighted by Gasteiger charge is 2.24. The maximum Gasteiger partial charge on any atom is 0.307 e. The molecule has 1 atom stereocenters. The molecule has 132 valence electrons. The van der Waals surface area contributed by atoms with E-state index in [1.54, 1.807) is 6.20 Å². The van der Waals surface area contributed by atoms with Crippen LogP contribution in [0.3, 0.4) is 0 Å². The molecule has 2 fully saturated rings. The number of hydrogen-bond acceptors (Lipinski definition) is 5. The number of esters is 1. The van der Waals surface area contributed by atoms with E-state index in [2.05, 4.69) is 4.98 Å². The van der Waals surface area contributed by atoms with Gasteiger partial charge in [0.1, 0.15) is 11.9 Å². The fourth-order valence-corrected chi connectivity index (χ4v) is 3.11. The van der Waals surface area contributed by atoms with Gasteiger partial charge in [0.05, 0.1) is 6.42 Å². The topological polar surface area (TPSA) is 90.5 Å². The smallest absolute Gasteiger partial charge is 0.307 e. The van der Waals surface area contributed by atoms with E-state index in [1.807, 2.05) is 15.7 Å². The van der Waals surface area contributed by atoms with Gasteiger partial charge in [-0.15, -0.1) is 0 Å². The molecule has 0 bridgehead atoms. The van der Waals surface area contributed by atoms with Crippen molar-refractivity contribution in [1.29, 1.82) is 0 Å². The summed E-state index contributed by atoms with van der Waals surface area (Å²) >= 11 is 0. The summed E-state index contributed by atoms with van der Waals surface area (Å²) in [6.45, 7) is 1.95. The van der Waals surface area contributed by atoms with Crippen molar-refractivity contribution < 1.29 is 14.3 Å². The van der Waals surface area contributed by atoms with Gasteiger partial charge in [-0.3, -0.25) is 9.59 Å². The molecule has 3 rings (SSSR count). The predicted molar refractivity (Wildman–Crippen MR) is 88.1 cm³/mol. The predicted octanol–water partition coefficient (Wildman–Crippen LogP) is 0.861. The molecule has 1 saturated heterocycles. The number of aryl methyl sites for hydroxylation is 2. The van der Waals surface area contributed by atoms with E-state index >= 15 is 0 Å². The number of carbonyl (C=O) groups is 2. The Balaban J connectivity index is 1.42. The van der Waals surface area contributed by atoms with Crippen LogP contribution < -0.4 is 5.73 Å². The molecule has 7 nitrogen and oxygen atoms in total. The van der Waals surface area contributed by atoms with Crippen molar-refractivity contribution in [2.45, 2.75) is 63.6 Å². The minimum atomic E-state index is -0.151. The molecular weight excluding hydrogens is 308 g/mol. The largest absolute Gasteiger partial charge is 0.462 e. The van der Waals surface area contributed by atoms with E-state index in [-0.39, 0.29) is 24.0 Å². The summed E-state index contributed by atoms with van der Waals surface area (Å²) < 4.78 is 7.29. The fourth-order valence-electron chi connectivity index (χ4n) is 3.11. The van der Waals surface area contributed by atoms with Gasteiger partial charge in [0.15, 0.2) is 0 Å². The lowest BCUT2D eigenvalue weighted by Gasteiger charge is -2.25. The molecule has 1 amide bonds. The number of hydrogen-bond donors (Lipinski definition) is 1. The zero-order chi connectivity index (χ0) is 16.9. The van der Waals surface area contributed by atoms with Gasteiger partial charge in [0.25, 0.3) is 0 Å². The second-order valence-electron chi connectivity index (χ2n) is 6.72. The Morgan fingerprint density at radius 2 is 2.12 bits per heavy atom. The second-order valence-corrected chi connectivity index (χ2v) is 6.72. The summed E-state index contributed by atoms with van der Waals surface area (Å²) in [6, 6.07) is 0.109. The quantitative estimate of drug-likeness (QED) is 0.747. The maximum atomic E-state index is 12.2. The Morgan fingerprint density at radius 1 is 1.29 bits per heavy atom. The van der Waals surface area contributed by atoms with Crippen molar-refractivity contribution >= 4 is 11.9 Å². The van der Waals surface area contributed by atoms with Crippen LogP contribution in [-0.2, 0) is 27.3 Å². The molecule has 0 spiro atoms. The second kappa shape index (κ2) is 7.79. The minimum Gasteiger partial charge on any atom is -0.462 e. The van der Waals surface area contributed by atoms with Crippen LogP contribution in [0.25, 0.3) is 0 Å². The third kappa shape index (κ3) is 4.35. The van der Waals surface area contributed by atoms with Crippen molar-refractivity contribution in [2.24, 2.45) is 5.73 Å². The number of imidazole rings is 1. The van der Waals surface area contributed by atoms with Crippen LogP contribution in [0.1, 0.15) is 44.3 Å². The van der Waals surface area contributed by atoms with Gasteiger partial charge in [0, 0.05) is 50.9 Å². The first kappa shape index (κ1) is 17.0. The monoisotopic (exact) mass is 334 g/mol. The Kier molecular flexibility index (Phi) is 5.50. The van der Waals surface area contributed by atoms with Crippen molar-refractivity contribution in [3.8, 4) is 0 Å². The van der Waals surface area contributed by atoms with Gasteiger partial charge in [0.2, 0.25) is 5.91 Å². The van der Waals surface area contributed by atoms with Crippen molar-refractivity contribution in [1.82, 2.24) is 14.5 Å². The molecule has 2 aliphatic rings. The van der Waals surface area contributed by atoms with E-state index in [9.17, 15) is 9.59 Å². The highest BCUT2D eigenvalue weighted by molar-refractivity contribution is 5.76. The molecule has 1 saturated carbocycles. The van der Waals surface area contributed by atoms with Crippen molar-refractivity contribution in [2.75, 3.05) is 13.1 Å². The molecule has 1 aliphatic heterocycles. The Hall–Kier alpha value is -1.89. The normalized spacial score (nSPS) is 20.9.